The third-order valence-electron chi connectivity index (χ3n) is 2.54. The second-order valence-corrected chi connectivity index (χ2v) is 4.41. The highest BCUT2D eigenvalue weighted by atomic mass is 35.5. The van der Waals surface area contributed by atoms with Crippen molar-refractivity contribution in [2.24, 2.45) is 11.7 Å². The first-order chi connectivity index (χ1) is 6.61. The van der Waals surface area contributed by atoms with Crippen molar-refractivity contribution in [3.8, 4) is 0 Å². The van der Waals surface area contributed by atoms with Crippen LogP contribution in [-0.4, -0.2) is 0 Å². The fourth-order valence-electron chi connectivity index (χ4n) is 1.54. The Morgan fingerprint density at radius 1 is 1.33 bits per heavy atom. The topological polar surface area (TPSA) is 26.0 Å². The average Bonchev–Trinajstić information content (AvgIpc) is 2.95. The minimum atomic E-state index is -0.362. The van der Waals surface area contributed by atoms with Crippen molar-refractivity contribution in [1.29, 1.82) is 0 Å². The normalized spacial score (nSPS) is 17.1. The quantitative estimate of drug-likeness (QED) is 0.809. The Morgan fingerprint density at radius 3 is 2.47 bits per heavy atom. The molecule has 0 aliphatic heterocycles. The first-order valence-electron chi connectivity index (χ1n) is 4.50. The van der Waals surface area contributed by atoms with Crippen molar-refractivity contribution in [3.05, 3.63) is 33.6 Å². The van der Waals surface area contributed by atoms with Crippen LogP contribution in [0.2, 0.25) is 10.0 Å². The van der Waals surface area contributed by atoms with E-state index in [9.17, 15) is 4.39 Å². The van der Waals surface area contributed by atoms with Gasteiger partial charge in [0.2, 0.25) is 0 Å². The van der Waals surface area contributed by atoms with E-state index in [2.05, 4.69) is 0 Å². The predicted octanol–water partition coefficient (Wildman–Crippen LogP) is 3.96. The number of benzene rings is 1. The van der Waals surface area contributed by atoms with Gasteiger partial charge >= 0.3 is 0 Å². The molecule has 2 N–H and O–H groups in total. The van der Waals surface area contributed by atoms with E-state index in [1.807, 2.05) is 0 Å². The third kappa shape index (κ3) is 2.56. The van der Waals surface area contributed by atoms with E-state index < -0.39 is 0 Å². The molecular formula is C10H11Cl3FN. The van der Waals surface area contributed by atoms with E-state index in [4.69, 9.17) is 28.9 Å². The maximum atomic E-state index is 13.4. The fraction of sp³-hybridized carbons (Fsp3) is 0.400. The Balaban J connectivity index is 0.00000112. The number of rotatable bonds is 2. The molecule has 0 amide bonds. The molecule has 1 aromatic rings. The highest BCUT2D eigenvalue weighted by Gasteiger charge is 2.32. The van der Waals surface area contributed by atoms with Crippen LogP contribution >= 0.6 is 35.6 Å². The summed E-state index contributed by atoms with van der Waals surface area (Å²) in [6.07, 6.45) is 2.09. The predicted molar refractivity (Wildman–Crippen MR) is 63.3 cm³/mol. The van der Waals surface area contributed by atoms with Crippen LogP contribution in [0.25, 0.3) is 0 Å². The van der Waals surface area contributed by atoms with Gasteiger partial charge in [0.05, 0.1) is 10.0 Å². The Kier molecular flexibility index (Phi) is 4.24. The van der Waals surface area contributed by atoms with Gasteiger partial charge in [0.25, 0.3) is 0 Å². The summed E-state index contributed by atoms with van der Waals surface area (Å²) in [5.74, 6) is -0.000679. The van der Waals surface area contributed by atoms with Gasteiger partial charge in [-0.2, -0.15) is 0 Å². The summed E-state index contributed by atoms with van der Waals surface area (Å²) in [6.45, 7) is 0. The molecule has 0 aromatic heterocycles. The van der Waals surface area contributed by atoms with Gasteiger partial charge in [-0.25, -0.2) is 4.39 Å². The molecule has 1 aliphatic rings. The minimum Gasteiger partial charge on any atom is -0.324 e. The van der Waals surface area contributed by atoms with Crippen molar-refractivity contribution < 1.29 is 4.39 Å². The van der Waals surface area contributed by atoms with Crippen molar-refractivity contribution in [2.75, 3.05) is 0 Å². The summed E-state index contributed by atoms with van der Waals surface area (Å²) in [4.78, 5) is 0. The SMILES string of the molecule is Cl.N[C@H](c1c(F)ccc(Cl)c1Cl)C1CC1. The number of hydrogen-bond acceptors (Lipinski definition) is 1. The van der Waals surface area contributed by atoms with E-state index in [1.165, 1.54) is 12.1 Å². The van der Waals surface area contributed by atoms with E-state index in [-0.39, 0.29) is 29.3 Å². The molecule has 0 saturated heterocycles. The zero-order valence-corrected chi connectivity index (χ0v) is 10.2. The number of halogens is 4. The molecule has 1 aliphatic carbocycles. The molecule has 1 atom stereocenters. The molecule has 15 heavy (non-hydrogen) atoms. The van der Waals surface area contributed by atoms with Gasteiger partial charge in [-0.3, -0.25) is 0 Å². The standard InChI is InChI=1S/C10H10Cl2FN.ClH/c11-6-3-4-7(13)8(9(6)12)10(14)5-1-2-5;/h3-5,10H,1-2,14H2;1H/t10-;/m0./s1. The second-order valence-electron chi connectivity index (χ2n) is 3.62. The monoisotopic (exact) mass is 269 g/mol. The highest BCUT2D eigenvalue weighted by Crippen LogP contribution is 2.43. The molecule has 1 aromatic carbocycles. The van der Waals surface area contributed by atoms with Crippen LogP contribution in [0.5, 0.6) is 0 Å². The maximum absolute atomic E-state index is 13.4. The van der Waals surface area contributed by atoms with Crippen molar-refractivity contribution in [3.63, 3.8) is 0 Å². The Bertz CT molecular complexity index is 366. The summed E-state index contributed by atoms with van der Waals surface area (Å²) in [5, 5.41) is 0.616. The Labute approximate surface area is 104 Å². The van der Waals surface area contributed by atoms with Crippen molar-refractivity contribution >= 4 is 35.6 Å². The summed E-state index contributed by atoms with van der Waals surface area (Å²) in [5.41, 5.74) is 6.25. The van der Waals surface area contributed by atoms with Crippen LogP contribution in [0.1, 0.15) is 24.4 Å². The molecule has 84 valence electrons. The molecule has 0 radical (unpaired) electrons. The maximum Gasteiger partial charge on any atom is 0.129 e. The fourth-order valence-corrected chi connectivity index (χ4v) is 1.98. The first-order valence-corrected chi connectivity index (χ1v) is 5.26. The van der Waals surface area contributed by atoms with Crippen LogP contribution in [0.4, 0.5) is 4.39 Å². The lowest BCUT2D eigenvalue weighted by molar-refractivity contribution is 0.554. The molecule has 0 spiro atoms. The molecule has 5 heteroatoms. The lowest BCUT2D eigenvalue weighted by Gasteiger charge is -2.14. The molecular weight excluding hydrogens is 259 g/mol. The molecule has 0 bridgehead atoms. The van der Waals surface area contributed by atoms with Gasteiger partial charge in [-0.05, 0) is 30.9 Å². The van der Waals surface area contributed by atoms with Gasteiger partial charge in [0.15, 0.2) is 0 Å². The zero-order valence-electron chi connectivity index (χ0n) is 7.84. The van der Waals surface area contributed by atoms with E-state index in [0.717, 1.165) is 12.8 Å². The summed E-state index contributed by atoms with van der Waals surface area (Å²) in [7, 11) is 0. The lowest BCUT2D eigenvalue weighted by Crippen LogP contribution is -2.14. The van der Waals surface area contributed by atoms with Crippen LogP contribution in [0, 0.1) is 11.7 Å². The summed E-state index contributed by atoms with van der Waals surface area (Å²) < 4.78 is 13.4. The van der Waals surface area contributed by atoms with Crippen LogP contribution < -0.4 is 5.73 Å². The van der Waals surface area contributed by atoms with Crippen molar-refractivity contribution in [1.82, 2.24) is 0 Å². The third-order valence-corrected chi connectivity index (χ3v) is 3.36. The lowest BCUT2D eigenvalue weighted by atomic mass is 10.0. The first kappa shape index (κ1) is 13.0. The molecule has 1 fully saturated rings. The summed E-state index contributed by atoms with van der Waals surface area (Å²) >= 11 is 11.7. The smallest absolute Gasteiger partial charge is 0.129 e. The Hall–Kier alpha value is -0.0200. The van der Waals surface area contributed by atoms with Crippen LogP contribution in [-0.2, 0) is 0 Å². The van der Waals surface area contributed by atoms with Gasteiger partial charge in [0.1, 0.15) is 5.82 Å². The van der Waals surface area contributed by atoms with Gasteiger partial charge in [-0.1, -0.05) is 23.2 Å². The van der Waals surface area contributed by atoms with Crippen molar-refractivity contribution in [2.45, 2.75) is 18.9 Å². The van der Waals surface area contributed by atoms with Gasteiger partial charge < -0.3 is 5.73 Å². The number of hydrogen-bond donors (Lipinski definition) is 1. The van der Waals surface area contributed by atoms with E-state index in [0.29, 0.717) is 16.5 Å². The van der Waals surface area contributed by atoms with Crippen LogP contribution in [0.15, 0.2) is 12.1 Å². The number of nitrogens with two attached hydrogens (primary N) is 1. The molecule has 1 saturated carbocycles. The average molecular weight is 271 g/mol. The van der Waals surface area contributed by atoms with E-state index in [1.54, 1.807) is 0 Å². The van der Waals surface area contributed by atoms with E-state index >= 15 is 0 Å². The zero-order chi connectivity index (χ0) is 10.3. The largest absolute Gasteiger partial charge is 0.324 e. The molecule has 0 heterocycles. The van der Waals surface area contributed by atoms with Crippen LogP contribution in [0.3, 0.4) is 0 Å². The molecule has 0 unspecified atom stereocenters. The summed E-state index contributed by atoms with van der Waals surface area (Å²) in [6, 6.07) is 2.44. The Morgan fingerprint density at radius 2 is 1.93 bits per heavy atom. The van der Waals surface area contributed by atoms with Gasteiger partial charge in [0, 0.05) is 11.6 Å². The second kappa shape index (κ2) is 4.88. The highest BCUT2D eigenvalue weighted by molar-refractivity contribution is 6.42. The van der Waals surface area contributed by atoms with Gasteiger partial charge in [-0.15, -0.1) is 12.4 Å². The minimum absolute atomic E-state index is 0. The molecule has 1 nitrogen and oxygen atoms in total. The molecule has 2 rings (SSSR count).